The highest BCUT2D eigenvalue weighted by Crippen LogP contribution is 2.33. The molecule has 0 N–H and O–H groups in total. The number of ether oxygens (including phenoxy) is 4. The first-order chi connectivity index (χ1) is 19.9. The number of aryl methyl sites for hydroxylation is 1. The second-order valence-electron chi connectivity index (χ2n) is 11.2. The number of hydrogen-bond acceptors (Lipinski definition) is 6. The summed E-state index contributed by atoms with van der Waals surface area (Å²) in [7, 11) is 0. The van der Waals surface area contributed by atoms with Gasteiger partial charge in [-0.1, -0.05) is 77.0 Å². The Kier molecular flexibility index (Phi) is 21.9. The zero-order valence-electron chi connectivity index (χ0n) is 27.1. The summed E-state index contributed by atoms with van der Waals surface area (Å²) in [5.41, 5.74) is 3.51. The molecule has 0 heterocycles. The summed E-state index contributed by atoms with van der Waals surface area (Å²) in [5.74, 6) is 1.87. The topological polar surface area (TPSA) is 71.1 Å². The average molecular weight is 577 g/mol. The SMILES string of the molecule is CCOC(=O)CCCCCCCCCCOc1cc(C)c(OCCCCCCCCCCC(=O)OCC)c(C)c1C. The molecule has 0 saturated heterocycles. The number of hydrogen-bond donors (Lipinski definition) is 0. The van der Waals surface area contributed by atoms with E-state index in [0.717, 1.165) is 68.8 Å². The van der Waals surface area contributed by atoms with Crippen molar-refractivity contribution >= 4 is 11.9 Å². The maximum absolute atomic E-state index is 11.3. The molecule has 6 nitrogen and oxygen atoms in total. The van der Waals surface area contributed by atoms with Crippen molar-refractivity contribution in [1.82, 2.24) is 0 Å². The van der Waals surface area contributed by atoms with Gasteiger partial charge in [-0.2, -0.15) is 0 Å². The Hall–Kier alpha value is -2.24. The minimum absolute atomic E-state index is 0.0644. The van der Waals surface area contributed by atoms with Crippen LogP contribution in [0, 0.1) is 20.8 Å². The van der Waals surface area contributed by atoms with Gasteiger partial charge in [-0.25, -0.2) is 0 Å². The van der Waals surface area contributed by atoms with E-state index in [1.165, 1.54) is 75.3 Å². The van der Waals surface area contributed by atoms with E-state index in [1.807, 2.05) is 13.8 Å². The fraction of sp³-hybridized carbons (Fsp3) is 0.771. The zero-order chi connectivity index (χ0) is 30.1. The predicted molar refractivity (Wildman–Crippen MR) is 168 cm³/mol. The summed E-state index contributed by atoms with van der Waals surface area (Å²) >= 11 is 0. The van der Waals surface area contributed by atoms with Gasteiger partial charge in [0, 0.05) is 12.8 Å². The summed E-state index contributed by atoms with van der Waals surface area (Å²) in [6, 6.07) is 2.13. The number of rotatable bonds is 26. The lowest BCUT2D eigenvalue weighted by atomic mass is 10.0. The normalized spacial score (nSPS) is 11.0. The third-order valence-electron chi connectivity index (χ3n) is 7.64. The molecule has 0 aromatic heterocycles. The minimum Gasteiger partial charge on any atom is -0.493 e. The average Bonchev–Trinajstić information content (AvgIpc) is 2.94. The standard InChI is InChI=1S/C35H60O6/c1-6-38-33(36)24-20-16-12-8-10-14-18-22-26-40-32-28-29(3)35(31(5)30(32)4)41-27-23-19-15-11-9-13-17-21-25-34(37)39-7-2/h28H,6-27H2,1-5H3. The molecule has 0 radical (unpaired) electrons. The lowest BCUT2D eigenvalue weighted by molar-refractivity contribution is -0.144. The maximum atomic E-state index is 11.3. The summed E-state index contributed by atoms with van der Waals surface area (Å²) in [6.45, 7) is 12.6. The Morgan fingerprint density at radius 3 is 1.37 bits per heavy atom. The van der Waals surface area contributed by atoms with E-state index in [9.17, 15) is 9.59 Å². The second kappa shape index (κ2) is 24.4. The van der Waals surface area contributed by atoms with E-state index in [2.05, 4.69) is 26.8 Å². The molecule has 0 saturated carbocycles. The van der Waals surface area contributed by atoms with E-state index in [4.69, 9.17) is 18.9 Å². The summed E-state index contributed by atoms with van der Waals surface area (Å²) in [5, 5.41) is 0. The van der Waals surface area contributed by atoms with E-state index in [-0.39, 0.29) is 11.9 Å². The molecule has 41 heavy (non-hydrogen) atoms. The monoisotopic (exact) mass is 576 g/mol. The van der Waals surface area contributed by atoms with Gasteiger partial charge in [-0.05, 0) is 83.1 Å². The van der Waals surface area contributed by atoms with Crippen LogP contribution in [0.25, 0.3) is 0 Å². The van der Waals surface area contributed by atoms with Crippen LogP contribution in [-0.4, -0.2) is 38.4 Å². The van der Waals surface area contributed by atoms with E-state index < -0.39 is 0 Å². The van der Waals surface area contributed by atoms with Gasteiger partial charge in [0.2, 0.25) is 0 Å². The third kappa shape index (κ3) is 18.0. The Bertz CT molecular complexity index is 834. The van der Waals surface area contributed by atoms with Crippen molar-refractivity contribution in [1.29, 1.82) is 0 Å². The fourth-order valence-electron chi connectivity index (χ4n) is 5.08. The van der Waals surface area contributed by atoms with Crippen LogP contribution in [0.1, 0.15) is 146 Å². The van der Waals surface area contributed by atoms with Crippen molar-refractivity contribution in [3.05, 3.63) is 22.8 Å². The summed E-state index contributed by atoms with van der Waals surface area (Å²) in [6.07, 6.45) is 19.6. The molecule has 0 atom stereocenters. The van der Waals surface area contributed by atoms with E-state index >= 15 is 0 Å². The van der Waals surface area contributed by atoms with Crippen molar-refractivity contribution < 1.29 is 28.5 Å². The quantitative estimate of drug-likeness (QED) is 0.0808. The van der Waals surface area contributed by atoms with Gasteiger partial charge in [0.25, 0.3) is 0 Å². The molecule has 0 amide bonds. The first-order valence-corrected chi connectivity index (χ1v) is 16.6. The molecule has 0 aliphatic carbocycles. The highest BCUT2D eigenvalue weighted by Gasteiger charge is 2.12. The molecule has 6 heteroatoms. The Balaban J connectivity index is 2.11. The van der Waals surface area contributed by atoms with E-state index in [1.54, 1.807) is 0 Å². The van der Waals surface area contributed by atoms with Crippen LogP contribution in [0.4, 0.5) is 0 Å². The van der Waals surface area contributed by atoms with Gasteiger partial charge in [0.15, 0.2) is 0 Å². The van der Waals surface area contributed by atoms with Crippen LogP contribution in [0.3, 0.4) is 0 Å². The molecule has 0 aliphatic heterocycles. The molecule has 0 aliphatic rings. The summed E-state index contributed by atoms with van der Waals surface area (Å²) in [4.78, 5) is 22.7. The largest absolute Gasteiger partial charge is 0.493 e. The van der Waals surface area contributed by atoms with E-state index in [0.29, 0.717) is 26.1 Å². The first-order valence-electron chi connectivity index (χ1n) is 16.6. The minimum atomic E-state index is -0.0644. The van der Waals surface area contributed by atoms with Crippen LogP contribution in [0.5, 0.6) is 11.5 Å². The molecule has 0 fully saturated rings. The smallest absolute Gasteiger partial charge is 0.305 e. The lowest BCUT2D eigenvalue weighted by Crippen LogP contribution is -2.05. The molecular weight excluding hydrogens is 516 g/mol. The zero-order valence-corrected chi connectivity index (χ0v) is 27.1. The molecular formula is C35H60O6. The van der Waals surface area contributed by atoms with Crippen molar-refractivity contribution in [2.45, 2.75) is 150 Å². The summed E-state index contributed by atoms with van der Waals surface area (Å²) < 4.78 is 22.3. The van der Waals surface area contributed by atoms with Gasteiger partial charge < -0.3 is 18.9 Å². The fourth-order valence-corrected chi connectivity index (χ4v) is 5.08. The molecule has 236 valence electrons. The highest BCUT2D eigenvalue weighted by molar-refractivity contribution is 5.69. The Morgan fingerprint density at radius 2 is 0.927 bits per heavy atom. The van der Waals surface area contributed by atoms with Crippen molar-refractivity contribution in [3.8, 4) is 11.5 Å². The number of unbranched alkanes of at least 4 members (excludes halogenated alkanes) is 14. The van der Waals surface area contributed by atoms with Gasteiger partial charge in [0.05, 0.1) is 26.4 Å². The molecule has 1 aromatic rings. The van der Waals surface area contributed by atoms with Gasteiger partial charge >= 0.3 is 11.9 Å². The molecule has 0 bridgehead atoms. The Morgan fingerprint density at radius 1 is 0.537 bits per heavy atom. The maximum Gasteiger partial charge on any atom is 0.305 e. The van der Waals surface area contributed by atoms with Gasteiger partial charge in [0.1, 0.15) is 11.5 Å². The molecule has 1 aromatic carbocycles. The number of esters is 2. The van der Waals surface area contributed by atoms with Crippen LogP contribution in [0.2, 0.25) is 0 Å². The molecule has 1 rings (SSSR count). The second-order valence-corrected chi connectivity index (χ2v) is 11.2. The van der Waals surface area contributed by atoms with Crippen molar-refractivity contribution in [2.24, 2.45) is 0 Å². The third-order valence-corrected chi connectivity index (χ3v) is 7.64. The van der Waals surface area contributed by atoms with Crippen molar-refractivity contribution in [3.63, 3.8) is 0 Å². The van der Waals surface area contributed by atoms with Gasteiger partial charge in [-0.3, -0.25) is 9.59 Å². The first kappa shape index (κ1) is 36.8. The number of benzene rings is 1. The number of carbonyl (C=O) groups excluding carboxylic acids is 2. The van der Waals surface area contributed by atoms with Crippen LogP contribution in [0.15, 0.2) is 6.07 Å². The van der Waals surface area contributed by atoms with Crippen LogP contribution in [-0.2, 0) is 19.1 Å². The van der Waals surface area contributed by atoms with Crippen LogP contribution < -0.4 is 9.47 Å². The highest BCUT2D eigenvalue weighted by atomic mass is 16.5. The van der Waals surface area contributed by atoms with Crippen LogP contribution >= 0.6 is 0 Å². The predicted octanol–water partition coefficient (Wildman–Crippen LogP) is 9.52. The van der Waals surface area contributed by atoms with Gasteiger partial charge in [-0.15, -0.1) is 0 Å². The lowest BCUT2D eigenvalue weighted by Gasteiger charge is -2.18. The Labute approximate surface area is 251 Å². The molecule has 0 unspecified atom stereocenters. The molecule has 0 spiro atoms. The number of carbonyl (C=O) groups is 2. The van der Waals surface area contributed by atoms with Crippen molar-refractivity contribution in [2.75, 3.05) is 26.4 Å².